The molecule has 3 aromatic carbocycles. The molecular formula is C29H20Cl3N3O3S. The summed E-state index contributed by atoms with van der Waals surface area (Å²) in [7, 11) is 0. The number of fused-ring (bicyclic) bond motifs is 1. The number of carbonyl (C=O) groups is 1. The summed E-state index contributed by atoms with van der Waals surface area (Å²) in [5.74, 6) is 0.999. The fourth-order valence-corrected chi connectivity index (χ4v) is 4.97. The highest BCUT2D eigenvalue weighted by molar-refractivity contribution is 7.80. The van der Waals surface area contributed by atoms with Gasteiger partial charge in [-0.2, -0.15) is 0 Å². The Bertz CT molecular complexity index is 1750. The number of anilines is 1. The average Bonchev–Trinajstić information content (AvgIpc) is 3.51. The van der Waals surface area contributed by atoms with Crippen LogP contribution in [0, 0.1) is 13.8 Å². The Kier molecular flexibility index (Phi) is 7.77. The molecular weight excluding hydrogens is 577 g/mol. The third kappa shape index (κ3) is 6.34. The van der Waals surface area contributed by atoms with Crippen LogP contribution in [0.15, 0.2) is 75.6 Å². The van der Waals surface area contributed by atoms with Crippen LogP contribution in [0.5, 0.6) is 0 Å². The molecule has 196 valence electrons. The van der Waals surface area contributed by atoms with Crippen molar-refractivity contribution in [3.8, 4) is 22.8 Å². The largest absolute Gasteiger partial charge is 0.457 e. The average molecular weight is 597 g/mol. The Hall–Kier alpha value is -3.62. The van der Waals surface area contributed by atoms with Crippen molar-refractivity contribution < 1.29 is 13.6 Å². The lowest BCUT2D eigenvalue weighted by Gasteiger charge is -2.10. The summed E-state index contributed by atoms with van der Waals surface area (Å²) < 4.78 is 11.8. The van der Waals surface area contributed by atoms with Crippen molar-refractivity contribution in [1.82, 2.24) is 10.3 Å². The lowest BCUT2D eigenvalue weighted by atomic mass is 10.1. The number of hydrogen-bond donors (Lipinski definition) is 2. The molecule has 0 bridgehead atoms. The molecule has 0 spiro atoms. The molecule has 2 N–H and O–H groups in total. The van der Waals surface area contributed by atoms with Crippen LogP contribution < -0.4 is 10.6 Å². The molecule has 0 saturated carbocycles. The number of hydrogen-bond acceptors (Lipinski definition) is 5. The van der Waals surface area contributed by atoms with Crippen LogP contribution in [0.1, 0.15) is 16.9 Å². The monoisotopic (exact) mass is 595 g/mol. The van der Waals surface area contributed by atoms with Crippen molar-refractivity contribution in [2.24, 2.45) is 0 Å². The minimum absolute atomic E-state index is 0.107. The first kappa shape index (κ1) is 27.0. The number of benzene rings is 3. The van der Waals surface area contributed by atoms with E-state index in [1.54, 1.807) is 48.5 Å². The summed E-state index contributed by atoms with van der Waals surface area (Å²) in [5.41, 5.74) is 5.48. The van der Waals surface area contributed by atoms with Gasteiger partial charge < -0.3 is 14.2 Å². The van der Waals surface area contributed by atoms with E-state index in [1.165, 1.54) is 12.2 Å². The van der Waals surface area contributed by atoms with Gasteiger partial charge in [-0.05, 0) is 97.9 Å². The predicted molar refractivity (Wildman–Crippen MR) is 161 cm³/mol. The van der Waals surface area contributed by atoms with Gasteiger partial charge in [0.25, 0.3) is 0 Å². The smallest absolute Gasteiger partial charge is 0.250 e. The molecule has 39 heavy (non-hydrogen) atoms. The number of oxazole rings is 1. The molecule has 5 aromatic rings. The number of nitrogens with zero attached hydrogens (tertiary/aromatic N) is 1. The zero-order valence-electron chi connectivity index (χ0n) is 20.6. The number of halogens is 3. The van der Waals surface area contributed by atoms with Crippen LogP contribution >= 0.6 is 47.0 Å². The minimum Gasteiger partial charge on any atom is -0.457 e. The van der Waals surface area contributed by atoms with E-state index in [0.717, 1.165) is 22.2 Å². The van der Waals surface area contributed by atoms with Crippen LogP contribution in [0.3, 0.4) is 0 Å². The van der Waals surface area contributed by atoms with Crippen molar-refractivity contribution >= 4 is 80.9 Å². The van der Waals surface area contributed by atoms with Gasteiger partial charge in [0.15, 0.2) is 10.7 Å². The normalized spacial score (nSPS) is 11.3. The molecule has 0 aliphatic heterocycles. The molecule has 5 rings (SSSR count). The summed E-state index contributed by atoms with van der Waals surface area (Å²) in [6, 6.07) is 17.8. The summed E-state index contributed by atoms with van der Waals surface area (Å²) >= 11 is 23.9. The molecule has 0 saturated heterocycles. The van der Waals surface area contributed by atoms with Gasteiger partial charge in [-0.25, -0.2) is 4.98 Å². The maximum absolute atomic E-state index is 12.4. The number of furan rings is 1. The standard InChI is InChI=1S/C29H20Cl3N3O3S/c1-15-9-16(2)27-24(10-15)34-28(38-27)22-14-20(3-6-23(22)32)33-29(39)35-26(36)8-5-21-4-7-25(37-21)17-11-18(30)13-19(31)12-17/h3-14H,1-2H3,(H2,33,35,36,39)/b8-5+. The Morgan fingerprint density at radius 3 is 2.49 bits per heavy atom. The molecule has 0 fully saturated rings. The van der Waals surface area contributed by atoms with Crippen molar-refractivity contribution in [3.05, 3.63) is 98.7 Å². The van der Waals surface area contributed by atoms with Gasteiger partial charge >= 0.3 is 0 Å². The number of amides is 1. The number of nitrogens with one attached hydrogen (secondary N) is 2. The summed E-state index contributed by atoms with van der Waals surface area (Å²) in [6.07, 6.45) is 2.85. The Labute approximate surface area is 244 Å². The molecule has 0 unspecified atom stereocenters. The van der Waals surface area contributed by atoms with E-state index in [1.807, 2.05) is 26.0 Å². The van der Waals surface area contributed by atoms with Crippen LogP contribution in [0.2, 0.25) is 15.1 Å². The zero-order valence-corrected chi connectivity index (χ0v) is 23.7. The van der Waals surface area contributed by atoms with Gasteiger partial charge in [0.2, 0.25) is 11.8 Å². The molecule has 10 heteroatoms. The minimum atomic E-state index is -0.435. The molecule has 6 nitrogen and oxygen atoms in total. The zero-order chi connectivity index (χ0) is 27.7. The second-order valence-corrected chi connectivity index (χ2v) is 10.5. The first-order chi connectivity index (χ1) is 18.6. The van der Waals surface area contributed by atoms with Crippen molar-refractivity contribution in [2.75, 3.05) is 5.32 Å². The molecule has 0 atom stereocenters. The van der Waals surface area contributed by atoms with E-state index in [4.69, 9.17) is 55.9 Å². The molecule has 0 radical (unpaired) electrons. The molecule has 0 aliphatic carbocycles. The van der Waals surface area contributed by atoms with E-state index in [2.05, 4.69) is 15.6 Å². The third-order valence-electron chi connectivity index (χ3n) is 5.68. The van der Waals surface area contributed by atoms with E-state index in [-0.39, 0.29) is 5.11 Å². The second-order valence-electron chi connectivity index (χ2n) is 8.78. The van der Waals surface area contributed by atoms with E-state index >= 15 is 0 Å². The van der Waals surface area contributed by atoms with Crippen LogP contribution in [-0.4, -0.2) is 16.0 Å². The molecule has 2 heterocycles. The van der Waals surface area contributed by atoms with Gasteiger partial charge in [-0.15, -0.1) is 0 Å². The quantitative estimate of drug-likeness (QED) is 0.156. The first-order valence-electron chi connectivity index (χ1n) is 11.7. The fraction of sp³-hybridized carbons (Fsp3) is 0.0690. The lowest BCUT2D eigenvalue weighted by molar-refractivity contribution is -0.115. The van der Waals surface area contributed by atoms with Crippen molar-refractivity contribution in [2.45, 2.75) is 13.8 Å². The number of carbonyl (C=O) groups excluding carboxylic acids is 1. The molecule has 1 amide bonds. The van der Waals surface area contributed by atoms with E-state index in [9.17, 15) is 4.79 Å². The topological polar surface area (TPSA) is 80.3 Å². The highest BCUT2D eigenvalue weighted by Crippen LogP contribution is 2.34. The van der Waals surface area contributed by atoms with Crippen LogP contribution in [0.25, 0.3) is 40.0 Å². The van der Waals surface area contributed by atoms with Crippen molar-refractivity contribution in [1.29, 1.82) is 0 Å². The first-order valence-corrected chi connectivity index (χ1v) is 13.2. The van der Waals surface area contributed by atoms with E-state index < -0.39 is 5.91 Å². The third-order valence-corrected chi connectivity index (χ3v) is 6.65. The highest BCUT2D eigenvalue weighted by atomic mass is 35.5. The summed E-state index contributed by atoms with van der Waals surface area (Å²) in [5, 5.41) is 7.17. The van der Waals surface area contributed by atoms with Crippen LogP contribution in [-0.2, 0) is 4.79 Å². The SMILES string of the molecule is Cc1cc(C)c2oc(-c3cc(NC(=S)NC(=O)/C=C/c4ccc(-c5cc(Cl)cc(Cl)c5)o4)ccc3Cl)nc2c1. The second kappa shape index (κ2) is 11.2. The fourth-order valence-electron chi connectivity index (χ4n) is 4.03. The summed E-state index contributed by atoms with van der Waals surface area (Å²) in [4.78, 5) is 17.0. The maximum Gasteiger partial charge on any atom is 0.250 e. The van der Waals surface area contributed by atoms with Gasteiger partial charge in [0.05, 0.1) is 10.6 Å². The molecule has 2 aromatic heterocycles. The number of rotatable bonds is 5. The number of aromatic nitrogens is 1. The van der Waals surface area contributed by atoms with Crippen molar-refractivity contribution in [3.63, 3.8) is 0 Å². The Morgan fingerprint density at radius 2 is 1.72 bits per heavy atom. The van der Waals surface area contributed by atoms with Gasteiger partial charge in [-0.1, -0.05) is 40.9 Å². The Morgan fingerprint density at radius 1 is 0.949 bits per heavy atom. The summed E-state index contributed by atoms with van der Waals surface area (Å²) in [6.45, 7) is 3.98. The highest BCUT2D eigenvalue weighted by Gasteiger charge is 2.15. The lowest BCUT2D eigenvalue weighted by Crippen LogP contribution is -2.32. The maximum atomic E-state index is 12.4. The molecule has 0 aliphatic rings. The number of aryl methyl sites for hydroxylation is 2. The van der Waals surface area contributed by atoms with Gasteiger partial charge in [-0.3, -0.25) is 10.1 Å². The van der Waals surface area contributed by atoms with Crippen LogP contribution in [0.4, 0.5) is 5.69 Å². The Balaban J connectivity index is 1.24. The predicted octanol–water partition coefficient (Wildman–Crippen LogP) is 8.86. The number of thiocarbonyl (C=S) groups is 1. The van der Waals surface area contributed by atoms with Gasteiger partial charge in [0.1, 0.15) is 17.0 Å². The van der Waals surface area contributed by atoms with E-state index in [0.29, 0.717) is 49.3 Å². The van der Waals surface area contributed by atoms with Gasteiger partial charge in [0, 0.05) is 27.4 Å².